The van der Waals surface area contributed by atoms with Gasteiger partial charge in [0.2, 0.25) is 5.91 Å². The van der Waals surface area contributed by atoms with Gasteiger partial charge in [-0.3, -0.25) is 4.79 Å². The maximum atomic E-state index is 13.1. The first-order valence-electron chi connectivity index (χ1n) is 10.4. The fraction of sp³-hybridized carbons (Fsp3) is 0.500. The van der Waals surface area contributed by atoms with Gasteiger partial charge in [0, 0.05) is 43.5 Å². The quantitative estimate of drug-likeness (QED) is 0.773. The van der Waals surface area contributed by atoms with Crippen LogP contribution in [0.1, 0.15) is 38.5 Å². The lowest BCUT2D eigenvalue weighted by Gasteiger charge is -2.35. The van der Waals surface area contributed by atoms with Gasteiger partial charge in [0.25, 0.3) is 0 Å². The Kier molecular flexibility index (Phi) is 6.47. The number of carbonyl (C=O) groups is 1. The second-order valence-corrected chi connectivity index (χ2v) is 8.69. The number of piperidine rings is 1. The van der Waals surface area contributed by atoms with E-state index in [9.17, 15) is 4.79 Å². The van der Waals surface area contributed by atoms with E-state index in [4.69, 9.17) is 0 Å². The SMILES string of the molecule is O=C([C@H]1CCCN(c2nccnc2Sc2ccccc2)C1)N1CCCCCC1. The number of hydrogen-bond acceptors (Lipinski definition) is 5. The van der Waals surface area contributed by atoms with E-state index >= 15 is 0 Å². The van der Waals surface area contributed by atoms with Gasteiger partial charge in [-0.15, -0.1) is 0 Å². The van der Waals surface area contributed by atoms with E-state index in [0.29, 0.717) is 5.91 Å². The van der Waals surface area contributed by atoms with Gasteiger partial charge in [0.1, 0.15) is 5.03 Å². The zero-order valence-corrected chi connectivity index (χ0v) is 17.1. The van der Waals surface area contributed by atoms with Gasteiger partial charge in [-0.2, -0.15) is 0 Å². The van der Waals surface area contributed by atoms with Crippen LogP contribution in [0.2, 0.25) is 0 Å². The number of likely N-dealkylation sites (tertiary alicyclic amines) is 1. The maximum absolute atomic E-state index is 13.1. The second kappa shape index (κ2) is 9.41. The molecule has 148 valence electrons. The van der Waals surface area contributed by atoms with E-state index in [1.165, 1.54) is 12.8 Å². The Bertz CT molecular complexity index is 777. The lowest BCUT2D eigenvalue weighted by molar-refractivity contribution is -0.135. The largest absolute Gasteiger partial charge is 0.354 e. The van der Waals surface area contributed by atoms with Crippen molar-refractivity contribution in [3.63, 3.8) is 0 Å². The Balaban J connectivity index is 1.48. The minimum atomic E-state index is 0.0726. The molecule has 2 saturated heterocycles. The van der Waals surface area contributed by atoms with E-state index in [2.05, 4.69) is 31.9 Å². The molecule has 0 unspecified atom stereocenters. The number of hydrogen-bond donors (Lipinski definition) is 0. The number of anilines is 1. The minimum Gasteiger partial charge on any atom is -0.354 e. The van der Waals surface area contributed by atoms with Crippen molar-refractivity contribution in [1.29, 1.82) is 0 Å². The second-order valence-electron chi connectivity index (χ2n) is 7.62. The molecule has 0 N–H and O–H groups in total. The molecule has 3 heterocycles. The number of nitrogens with zero attached hydrogens (tertiary/aromatic N) is 4. The van der Waals surface area contributed by atoms with Crippen LogP contribution in [0.3, 0.4) is 0 Å². The van der Waals surface area contributed by atoms with Gasteiger partial charge in [-0.1, -0.05) is 42.8 Å². The molecule has 6 heteroatoms. The summed E-state index contributed by atoms with van der Waals surface area (Å²) in [6, 6.07) is 10.3. The normalized spacial score (nSPS) is 20.6. The standard InChI is InChI=1S/C22H28N4OS/c27-22(25-14-6-1-2-7-15-25)18-9-8-16-26(17-18)20-21(24-13-12-23-20)28-19-10-4-3-5-11-19/h3-5,10-13,18H,1-2,6-9,14-17H2/t18-/m0/s1. The zero-order valence-electron chi connectivity index (χ0n) is 16.3. The Hall–Kier alpha value is -2.08. The molecule has 2 aromatic rings. The fourth-order valence-corrected chi connectivity index (χ4v) is 5.03. The van der Waals surface area contributed by atoms with E-state index < -0.39 is 0 Å². The van der Waals surface area contributed by atoms with Crippen LogP contribution in [0.25, 0.3) is 0 Å². The van der Waals surface area contributed by atoms with Crippen LogP contribution in [0.4, 0.5) is 5.82 Å². The van der Waals surface area contributed by atoms with Crippen LogP contribution in [-0.2, 0) is 4.79 Å². The Morgan fingerprint density at radius 1 is 0.929 bits per heavy atom. The number of aromatic nitrogens is 2. The van der Waals surface area contributed by atoms with Crippen LogP contribution in [0.15, 0.2) is 52.6 Å². The Labute approximate surface area is 171 Å². The van der Waals surface area contributed by atoms with Crippen LogP contribution >= 0.6 is 11.8 Å². The molecule has 1 atom stereocenters. The molecular weight excluding hydrogens is 368 g/mol. The molecule has 5 nitrogen and oxygen atoms in total. The third-order valence-electron chi connectivity index (χ3n) is 5.59. The van der Waals surface area contributed by atoms with Crippen LogP contribution in [0, 0.1) is 5.92 Å². The number of benzene rings is 1. The van der Waals surface area contributed by atoms with Crippen LogP contribution in [-0.4, -0.2) is 47.0 Å². The van der Waals surface area contributed by atoms with Gasteiger partial charge in [0.15, 0.2) is 5.82 Å². The van der Waals surface area contributed by atoms with Crippen LogP contribution in [0.5, 0.6) is 0 Å². The van der Waals surface area contributed by atoms with E-state index in [1.54, 1.807) is 24.2 Å². The molecule has 0 saturated carbocycles. The number of rotatable bonds is 4. The smallest absolute Gasteiger partial charge is 0.227 e. The topological polar surface area (TPSA) is 49.3 Å². The van der Waals surface area contributed by atoms with Crippen molar-refractivity contribution in [2.24, 2.45) is 5.92 Å². The molecular formula is C22H28N4OS. The number of amides is 1. The molecule has 0 aliphatic carbocycles. The summed E-state index contributed by atoms with van der Waals surface area (Å²) in [5.74, 6) is 1.32. The molecule has 0 bridgehead atoms. The highest BCUT2D eigenvalue weighted by atomic mass is 32.2. The van der Waals surface area contributed by atoms with Crippen molar-refractivity contribution in [3.8, 4) is 0 Å². The minimum absolute atomic E-state index is 0.0726. The summed E-state index contributed by atoms with van der Waals surface area (Å²) in [7, 11) is 0. The predicted molar refractivity (Wildman–Crippen MR) is 113 cm³/mol. The van der Waals surface area contributed by atoms with Crippen molar-refractivity contribution < 1.29 is 4.79 Å². The summed E-state index contributed by atoms with van der Waals surface area (Å²) in [6.45, 7) is 3.53. The molecule has 2 aliphatic heterocycles. The van der Waals surface area contributed by atoms with E-state index in [1.807, 2.05) is 18.2 Å². The summed E-state index contributed by atoms with van der Waals surface area (Å²) in [5.41, 5.74) is 0. The average Bonchev–Trinajstić information content (AvgIpc) is 3.04. The van der Waals surface area contributed by atoms with Gasteiger partial charge in [-0.25, -0.2) is 9.97 Å². The summed E-state index contributed by atoms with van der Waals surface area (Å²) >= 11 is 1.64. The molecule has 1 amide bonds. The molecule has 4 rings (SSSR count). The third-order valence-corrected chi connectivity index (χ3v) is 6.58. The summed E-state index contributed by atoms with van der Waals surface area (Å²) in [4.78, 5) is 27.9. The summed E-state index contributed by atoms with van der Waals surface area (Å²) < 4.78 is 0. The molecule has 1 aromatic heterocycles. The highest BCUT2D eigenvalue weighted by Crippen LogP contribution is 2.34. The highest BCUT2D eigenvalue weighted by molar-refractivity contribution is 7.99. The molecule has 1 aromatic carbocycles. The van der Waals surface area contributed by atoms with Crippen molar-refractivity contribution in [2.75, 3.05) is 31.1 Å². The van der Waals surface area contributed by atoms with Crippen molar-refractivity contribution in [2.45, 2.75) is 48.4 Å². The van der Waals surface area contributed by atoms with Gasteiger partial charge >= 0.3 is 0 Å². The fourth-order valence-electron chi connectivity index (χ4n) is 4.13. The van der Waals surface area contributed by atoms with Crippen molar-refractivity contribution >= 4 is 23.5 Å². The molecule has 0 spiro atoms. The Morgan fingerprint density at radius 3 is 2.46 bits per heavy atom. The zero-order chi connectivity index (χ0) is 19.2. The van der Waals surface area contributed by atoms with E-state index in [-0.39, 0.29) is 5.92 Å². The average molecular weight is 397 g/mol. The van der Waals surface area contributed by atoms with Crippen molar-refractivity contribution in [3.05, 3.63) is 42.7 Å². The molecule has 0 radical (unpaired) electrons. The molecule has 2 fully saturated rings. The first-order valence-corrected chi connectivity index (χ1v) is 11.2. The molecule has 28 heavy (non-hydrogen) atoms. The van der Waals surface area contributed by atoms with Gasteiger partial charge in [0.05, 0.1) is 5.92 Å². The van der Waals surface area contributed by atoms with Crippen molar-refractivity contribution in [1.82, 2.24) is 14.9 Å². The lowest BCUT2D eigenvalue weighted by Crippen LogP contribution is -2.45. The first kappa shape index (κ1) is 19.2. The maximum Gasteiger partial charge on any atom is 0.227 e. The van der Waals surface area contributed by atoms with E-state index in [0.717, 1.165) is 67.6 Å². The molecule has 2 aliphatic rings. The van der Waals surface area contributed by atoms with Gasteiger partial charge in [-0.05, 0) is 37.8 Å². The summed E-state index contributed by atoms with van der Waals surface area (Å²) in [6.07, 6.45) is 10.3. The first-order chi connectivity index (χ1) is 13.8. The summed E-state index contributed by atoms with van der Waals surface area (Å²) in [5, 5.41) is 0.913. The monoisotopic (exact) mass is 396 g/mol. The van der Waals surface area contributed by atoms with Gasteiger partial charge < -0.3 is 9.80 Å². The Morgan fingerprint density at radius 2 is 1.68 bits per heavy atom. The van der Waals surface area contributed by atoms with Crippen LogP contribution < -0.4 is 4.90 Å². The highest BCUT2D eigenvalue weighted by Gasteiger charge is 2.31. The lowest BCUT2D eigenvalue weighted by atomic mass is 9.96. The third kappa shape index (κ3) is 4.66. The predicted octanol–water partition coefficient (Wildman–Crippen LogP) is 4.25. The number of carbonyl (C=O) groups excluding carboxylic acids is 1.